The Labute approximate surface area is 291 Å². The summed E-state index contributed by atoms with van der Waals surface area (Å²) in [5, 5.41) is 22.6. The number of halogens is 2. The number of aliphatic hydroxyl groups is 2. The maximum atomic E-state index is 14.2. The number of pyridine rings is 1. The van der Waals surface area contributed by atoms with Gasteiger partial charge >= 0.3 is 0 Å². The minimum atomic E-state index is -0.765. The number of Topliss-reactive ketones (excluding diaryl/α,β-unsaturated/α-hetero) is 1. The van der Waals surface area contributed by atoms with Crippen molar-refractivity contribution < 1.29 is 33.3 Å². The highest BCUT2D eigenvalue weighted by molar-refractivity contribution is 6.00. The van der Waals surface area contributed by atoms with Crippen LogP contribution in [0.15, 0.2) is 59.5 Å². The van der Waals surface area contributed by atoms with Crippen LogP contribution in [0.4, 0.5) is 8.78 Å². The Balaban J connectivity index is 0.000000377. The number of aliphatic hydroxyl groups excluding tert-OH is 2. The van der Waals surface area contributed by atoms with Crippen LogP contribution in [0.3, 0.4) is 0 Å². The molecule has 10 nitrogen and oxygen atoms in total. The topological polar surface area (TPSA) is 147 Å². The number of benzene rings is 2. The zero-order valence-electron chi connectivity index (χ0n) is 29.1. The lowest BCUT2D eigenvalue weighted by atomic mass is 9.71. The number of fused-ring (bicyclic) bond motifs is 2. The molecule has 3 aliphatic rings. The summed E-state index contributed by atoms with van der Waals surface area (Å²) >= 11 is 0. The molecule has 1 amide bonds. The van der Waals surface area contributed by atoms with Gasteiger partial charge in [-0.2, -0.15) is 0 Å². The van der Waals surface area contributed by atoms with Crippen LogP contribution in [0.5, 0.6) is 5.75 Å². The smallest absolute Gasteiger partial charge is 0.274 e. The van der Waals surface area contributed by atoms with E-state index in [1.54, 1.807) is 9.47 Å². The Morgan fingerprint density at radius 2 is 1.68 bits per heavy atom. The van der Waals surface area contributed by atoms with E-state index in [2.05, 4.69) is 19.2 Å². The van der Waals surface area contributed by atoms with Gasteiger partial charge in [-0.25, -0.2) is 8.78 Å². The van der Waals surface area contributed by atoms with E-state index in [-0.39, 0.29) is 65.6 Å². The standard InChI is InChI=1S/C30H30F2N2O5.C8H18N2O/c1-18(2)33-17-30(13-22(35)14-30)34-15-23(25(36)11-9-20-8-10-21(31)12-24(20)32)27(37)28(26(34)29(33)38)39-16-19-6-4-3-5-7-19;1-6(2)10-5-8(9)3-7(11)4-8/h3-8,10,12,15,18,22,35H,9,11,13-14,16-17H2,1-2H3;6-7,10-11H,3-5,9H2,1-2H3. The molecule has 50 heavy (non-hydrogen) atoms. The van der Waals surface area contributed by atoms with E-state index in [1.807, 2.05) is 44.2 Å². The number of nitrogens with one attached hydrogen (secondary N) is 1. The summed E-state index contributed by atoms with van der Waals surface area (Å²) in [5.41, 5.74) is 5.20. The van der Waals surface area contributed by atoms with Gasteiger partial charge in [0, 0.05) is 49.4 Å². The average molecular weight is 695 g/mol. The number of amides is 1. The van der Waals surface area contributed by atoms with Crippen molar-refractivity contribution in [2.75, 3.05) is 13.1 Å². The molecule has 12 heteroatoms. The second-order valence-electron chi connectivity index (χ2n) is 14.6. The third-order valence-corrected chi connectivity index (χ3v) is 9.77. The predicted octanol–water partition coefficient (Wildman–Crippen LogP) is 4.07. The number of nitrogens with zero attached hydrogens (tertiary/aromatic N) is 2. The van der Waals surface area contributed by atoms with Crippen molar-refractivity contribution in [3.63, 3.8) is 0 Å². The van der Waals surface area contributed by atoms with Gasteiger partial charge in [0.1, 0.15) is 18.2 Å². The number of ether oxygens (including phenoxy) is 1. The maximum Gasteiger partial charge on any atom is 0.274 e. The molecule has 0 atom stereocenters. The first-order valence-electron chi connectivity index (χ1n) is 17.2. The van der Waals surface area contributed by atoms with E-state index in [0.717, 1.165) is 37.1 Å². The van der Waals surface area contributed by atoms with Gasteiger partial charge in [-0.3, -0.25) is 14.4 Å². The largest absolute Gasteiger partial charge is 0.483 e. The fraction of sp³-hybridized carbons (Fsp3) is 0.500. The number of hydrogen-bond acceptors (Lipinski definition) is 8. The average Bonchev–Trinajstić information content (AvgIpc) is 3.03. The molecule has 2 fully saturated rings. The van der Waals surface area contributed by atoms with Gasteiger partial charge < -0.3 is 35.5 Å². The molecule has 1 spiro atoms. The van der Waals surface area contributed by atoms with E-state index in [1.165, 1.54) is 12.3 Å². The Hall–Kier alpha value is -3.97. The Bertz CT molecular complexity index is 1750. The summed E-state index contributed by atoms with van der Waals surface area (Å²) < 4.78 is 35.1. The second kappa shape index (κ2) is 15.1. The van der Waals surface area contributed by atoms with Crippen LogP contribution in [0.2, 0.25) is 0 Å². The molecule has 270 valence electrons. The molecule has 2 aliphatic carbocycles. The van der Waals surface area contributed by atoms with Crippen molar-refractivity contribution in [2.24, 2.45) is 5.73 Å². The molecule has 0 radical (unpaired) electrons. The molecular formula is C38H48F2N4O6. The number of aryl methyl sites for hydroxylation is 1. The molecule has 1 aromatic heterocycles. The highest BCUT2D eigenvalue weighted by Gasteiger charge is 2.53. The van der Waals surface area contributed by atoms with Crippen molar-refractivity contribution in [3.05, 3.63) is 99.0 Å². The highest BCUT2D eigenvalue weighted by Crippen LogP contribution is 2.45. The van der Waals surface area contributed by atoms with Crippen LogP contribution in [0.1, 0.15) is 91.8 Å². The quantitative estimate of drug-likeness (QED) is 0.220. The Morgan fingerprint density at radius 3 is 2.26 bits per heavy atom. The van der Waals surface area contributed by atoms with E-state index in [0.29, 0.717) is 25.4 Å². The fourth-order valence-corrected chi connectivity index (χ4v) is 6.93. The molecule has 1 aliphatic heterocycles. The number of aromatic nitrogens is 1. The van der Waals surface area contributed by atoms with Crippen molar-refractivity contribution in [1.82, 2.24) is 14.8 Å². The molecule has 3 aromatic rings. The van der Waals surface area contributed by atoms with Crippen LogP contribution in [0.25, 0.3) is 0 Å². The van der Waals surface area contributed by atoms with Gasteiger partial charge in [-0.1, -0.05) is 50.2 Å². The summed E-state index contributed by atoms with van der Waals surface area (Å²) in [6.07, 6.45) is 2.63. The maximum absolute atomic E-state index is 14.2. The third-order valence-electron chi connectivity index (χ3n) is 9.77. The molecule has 0 saturated heterocycles. The number of carbonyl (C=O) groups excluding carboxylic acids is 2. The van der Waals surface area contributed by atoms with Gasteiger partial charge in [-0.15, -0.1) is 0 Å². The van der Waals surface area contributed by atoms with Crippen LogP contribution < -0.4 is 21.2 Å². The van der Waals surface area contributed by atoms with Crippen molar-refractivity contribution >= 4 is 11.7 Å². The van der Waals surface area contributed by atoms with Gasteiger partial charge in [-0.05, 0) is 63.1 Å². The number of hydrogen-bond donors (Lipinski definition) is 4. The minimum Gasteiger partial charge on any atom is -0.483 e. The van der Waals surface area contributed by atoms with Crippen molar-refractivity contribution in [2.45, 2.75) is 108 Å². The first kappa shape index (κ1) is 37.3. The normalized spacial score (nSPS) is 24.0. The van der Waals surface area contributed by atoms with Gasteiger partial charge in [0.05, 0.1) is 23.3 Å². The molecule has 0 unspecified atom stereocenters. The SMILES string of the molecule is CC(C)N1CC2(CC(O)C2)n2cc(C(=O)CCc3ccc(F)cc3F)c(=O)c(OCc3ccccc3)c2C1=O.CC(C)NCC1(N)CC(O)C1. The first-order valence-corrected chi connectivity index (χ1v) is 17.2. The predicted molar refractivity (Wildman–Crippen MR) is 185 cm³/mol. The zero-order chi connectivity index (χ0) is 36.4. The van der Waals surface area contributed by atoms with E-state index in [4.69, 9.17) is 15.6 Å². The van der Waals surface area contributed by atoms with E-state index in [9.17, 15) is 28.3 Å². The summed E-state index contributed by atoms with van der Waals surface area (Å²) in [6.45, 7) is 9.10. The molecule has 2 heterocycles. The van der Waals surface area contributed by atoms with Crippen LogP contribution in [0, 0.1) is 11.6 Å². The molecule has 6 rings (SSSR count). The zero-order valence-corrected chi connectivity index (χ0v) is 29.1. The number of nitrogens with two attached hydrogens (primary N) is 1. The summed E-state index contributed by atoms with van der Waals surface area (Å²) in [4.78, 5) is 42.4. The van der Waals surface area contributed by atoms with Gasteiger partial charge in [0.25, 0.3) is 5.91 Å². The summed E-state index contributed by atoms with van der Waals surface area (Å²) in [7, 11) is 0. The van der Waals surface area contributed by atoms with Gasteiger partial charge in [0.15, 0.2) is 17.2 Å². The lowest BCUT2D eigenvalue weighted by Gasteiger charge is -2.54. The molecule has 2 saturated carbocycles. The number of carbonyl (C=O) groups is 2. The molecule has 0 bridgehead atoms. The van der Waals surface area contributed by atoms with E-state index < -0.39 is 34.5 Å². The summed E-state index contributed by atoms with van der Waals surface area (Å²) in [6, 6.07) is 12.6. The van der Waals surface area contributed by atoms with Crippen molar-refractivity contribution in [1.29, 1.82) is 0 Å². The lowest BCUT2D eigenvalue weighted by molar-refractivity contribution is -0.0529. The Morgan fingerprint density at radius 1 is 1.02 bits per heavy atom. The second-order valence-corrected chi connectivity index (χ2v) is 14.6. The fourth-order valence-electron chi connectivity index (χ4n) is 6.93. The highest BCUT2D eigenvalue weighted by atomic mass is 19.1. The monoisotopic (exact) mass is 694 g/mol. The van der Waals surface area contributed by atoms with Crippen LogP contribution in [-0.2, 0) is 18.6 Å². The van der Waals surface area contributed by atoms with Crippen LogP contribution in [-0.4, -0.2) is 74.3 Å². The minimum absolute atomic E-state index is 0.00605. The molecular weight excluding hydrogens is 646 g/mol. The number of ketones is 1. The Kier molecular flexibility index (Phi) is 11.3. The lowest BCUT2D eigenvalue weighted by Crippen LogP contribution is -2.63. The number of rotatable bonds is 11. The molecule has 2 aromatic carbocycles. The van der Waals surface area contributed by atoms with Crippen LogP contribution >= 0.6 is 0 Å². The first-order chi connectivity index (χ1) is 23.6. The van der Waals surface area contributed by atoms with E-state index >= 15 is 0 Å². The third kappa shape index (κ3) is 8.15. The molecule has 5 N–H and O–H groups in total. The summed E-state index contributed by atoms with van der Waals surface area (Å²) in [5.74, 6) is -2.63. The van der Waals surface area contributed by atoms with Gasteiger partial charge in [0.2, 0.25) is 5.43 Å². The van der Waals surface area contributed by atoms with Crippen molar-refractivity contribution in [3.8, 4) is 5.75 Å².